The molecule has 1 aliphatic heterocycles. The Morgan fingerprint density at radius 1 is 0.778 bits per heavy atom. The number of aromatic nitrogens is 1. The van der Waals surface area contributed by atoms with E-state index in [9.17, 15) is 34.5 Å². The number of carboxylic acids is 1. The molecule has 2 heterocycles. The van der Waals surface area contributed by atoms with Crippen molar-refractivity contribution in [1.29, 1.82) is 0 Å². The minimum Gasteiger partial charge on any atom is -0.506 e. The molecule has 0 radical (unpaired) electrons. The lowest BCUT2D eigenvalue weighted by Crippen LogP contribution is -2.49. The molecule has 11 nitrogen and oxygen atoms in total. The van der Waals surface area contributed by atoms with Gasteiger partial charge in [0.2, 0.25) is 11.5 Å². The van der Waals surface area contributed by atoms with Crippen LogP contribution in [0.15, 0.2) is 108 Å². The van der Waals surface area contributed by atoms with Crippen molar-refractivity contribution in [2.24, 2.45) is 5.41 Å². The van der Waals surface area contributed by atoms with Crippen molar-refractivity contribution in [3.8, 4) is 5.75 Å². The van der Waals surface area contributed by atoms with Crippen LogP contribution in [0.3, 0.4) is 0 Å². The number of phenols is 1. The minimum absolute atomic E-state index is 0.0156. The van der Waals surface area contributed by atoms with Crippen LogP contribution in [0.2, 0.25) is 0 Å². The first-order chi connectivity index (χ1) is 26.1. The second kappa shape index (κ2) is 15.3. The van der Waals surface area contributed by atoms with Crippen LogP contribution < -0.4 is 16.2 Å². The summed E-state index contributed by atoms with van der Waals surface area (Å²) in [5, 5.41) is 38.0. The van der Waals surface area contributed by atoms with Gasteiger partial charge >= 0.3 is 5.97 Å². The Labute approximate surface area is 312 Å². The Bertz CT molecular complexity index is 2210. The molecule has 0 unspecified atom stereocenters. The highest BCUT2D eigenvalue weighted by molar-refractivity contribution is 5.95. The quantitative estimate of drug-likeness (QED) is 0.0989. The minimum atomic E-state index is -0.995. The van der Waals surface area contributed by atoms with Gasteiger partial charge in [0, 0.05) is 49.7 Å². The highest BCUT2D eigenvalue weighted by Gasteiger charge is 2.49. The fraction of sp³-hybridized carbons (Fsp3) is 0.302. The van der Waals surface area contributed by atoms with Gasteiger partial charge in [-0.05, 0) is 84.2 Å². The second-order valence-electron chi connectivity index (χ2n) is 14.6. The monoisotopic (exact) mass is 728 g/mol. The number of H-pyrrole nitrogens is 1. The van der Waals surface area contributed by atoms with Crippen LogP contribution in [0.5, 0.6) is 5.75 Å². The molecule has 1 aliphatic carbocycles. The Morgan fingerprint density at radius 3 is 2.09 bits per heavy atom. The smallest absolute Gasteiger partial charge is 0.314 e. The van der Waals surface area contributed by atoms with E-state index in [4.69, 9.17) is 0 Å². The van der Waals surface area contributed by atoms with Crippen LogP contribution in [-0.4, -0.2) is 62.6 Å². The molecule has 0 spiro atoms. The van der Waals surface area contributed by atoms with Gasteiger partial charge in [-0.2, -0.15) is 0 Å². The maximum absolute atomic E-state index is 13.3. The van der Waals surface area contributed by atoms with Gasteiger partial charge in [-0.1, -0.05) is 72.8 Å². The van der Waals surface area contributed by atoms with Crippen LogP contribution in [0.4, 0.5) is 0 Å². The van der Waals surface area contributed by atoms with Gasteiger partial charge in [-0.3, -0.25) is 19.2 Å². The van der Waals surface area contributed by atoms with Gasteiger partial charge in [0.1, 0.15) is 5.75 Å². The van der Waals surface area contributed by atoms with E-state index in [1.54, 1.807) is 29.2 Å². The molecule has 6 N–H and O–H groups in total. The standard InChI is InChI=1S/C43H44N4O7/c48-35-16-14-33(34-15-17-37(50)46-38(34)35)36(49)27-44-25-29-8-6-28(7-9-29)24-42(18-19-42)40(52)45-26-30-10-12-31(13-11-30)39(51)47-22-20-43(21-23-47,41(53)54)32-4-2-1-3-5-32/h1-17,36,44,48-49H,18-27H2,(H,45,52)(H,46,50)(H,53,54)/t36-/m0/s1. The summed E-state index contributed by atoms with van der Waals surface area (Å²) >= 11 is 0. The summed E-state index contributed by atoms with van der Waals surface area (Å²) in [5.41, 5.74) is 3.43. The third kappa shape index (κ3) is 7.64. The molecule has 1 saturated heterocycles. The number of hydrogen-bond acceptors (Lipinski definition) is 7. The average Bonchev–Trinajstić information content (AvgIpc) is 3.98. The lowest BCUT2D eigenvalue weighted by molar-refractivity contribution is -0.145. The van der Waals surface area contributed by atoms with Gasteiger partial charge in [0.05, 0.1) is 22.5 Å². The van der Waals surface area contributed by atoms with E-state index in [0.717, 1.165) is 35.1 Å². The van der Waals surface area contributed by atoms with E-state index in [1.807, 2.05) is 66.7 Å². The number of phenolic OH excluding ortho intramolecular Hbond substituents is 1. The van der Waals surface area contributed by atoms with Gasteiger partial charge in [-0.25, -0.2) is 0 Å². The van der Waals surface area contributed by atoms with Crippen molar-refractivity contribution in [3.63, 3.8) is 0 Å². The van der Waals surface area contributed by atoms with Gasteiger partial charge in [-0.15, -0.1) is 0 Å². The van der Waals surface area contributed by atoms with Crippen molar-refractivity contribution >= 4 is 28.7 Å². The summed E-state index contributed by atoms with van der Waals surface area (Å²) in [6, 6.07) is 30.7. The molecule has 1 aromatic heterocycles. The number of aliphatic hydroxyl groups is 1. The number of piperidine rings is 1. The number of aliphatic hydroxyl groups excluding tert-OH is 1. The number of aliphatic carboxylic acids is 1. The maximum atomic E-state index is 13.3. The van der Waals surface area contributed by atoms with Crippen LogP contribution in [0.25, 0.3) is 10.9 Å². The SMILES string of the molecule is O=C(c1ccc(CNC(=O)C2(Cc3ccc(CNC[C@H](O)c4ccc(O)c5[nH]c(=O)ccc45)cc3)CC2)cc1)N1CCC(C(=O)O)(c2ccccc2)CC1. The number of amides is 2. The number of nitrogens with one attached hydrogen (secondary N) is 3. The fourth-order valence-corrected chi connectivity index (χ4v) is 7.61. The number of benzene rings is 4. The maximum Gasteiger partial charge on any atom is 0.314 e. The number of carbonyl (C=O) groups is 3. The topological polar surface area (TPSA) is 172 Å². The van der Waals surface area contributed by atoms with Crippen molar-refractivity contribution in [3.05, 3.63) is 147 Å². The Morgan fingerprint density at radius 2 is 1.43 bits per heavy atom. The van der Waals surface area contributed by atoms with Crippen LogP contribution in [-0.2, 0) is 34.5 Å². The number of likely N-dealkylation sites (tertiary alicyclic amines) is 1. The molecular formula is C43H44N4O7. The molecule has 7 rings (SSSR count). The predicted molar refractivity (Wildman–Crippen MR) is 204 cm³/mol. The van der Waals surface area contributed by atoms with Gasteiger partial charge in [0.25, 0.3) is 5.91 Å². The summed E-state index contributed by atoms with van der Waals surface area (Å²) < 4.78 is 0. The van der Waals surface area contributed by atoms with E-state index >= 15 is 0 Å². The Hall–Kier alpha value is -5.78. The molecule has 2 fully saturated rings. The van der Waals surface area contributed by atoms with Crippen LogP contribution in [0.1, 0.15) is 70.0 Å². The lowest BCUT2D eigenvalue weighted by Gasteiger charge is -2.39. The largest absolute Gasteiger partial charge is 0.506 e. The summed E-state index contributed by atoms with van der Waals surface area (Å²) in [7, 11) is 0. The number of hydrogen-bond donors (Lipinski definition) is 6. The number of aromatic amines is 1. The molecule has 54 heavy (non-hydrogen) atoms. The Kier molecular flexibility index (Phi) is 10.4. The number of carbonyl (C=O) groups excluding carboxylic acids is 2. The second-order valence-corrected chi connectivity index (χ2v) is 14.6. The van der Waals surface area contributed by atoms with Crippen molar-refractivity contribution < 1.29 is 29.7 Å². The van der Waals surface area contributed by atoms with Crippen LogP contribution >= 0.6 is 0 Å². The first-order valence-corrected chi connectivity index (χ1v) is 18.3. The molecule has 2 amide bonds. The fourth-order valence-electron chi connectivity index (χ4n) is 7.61. The normalized spacial score (nSPS) is 16.4. The summed E-state index contributed by atoms with van der Waals surface area (Å²) in [4.78, 5) is 55.0. The van der Waals surface area contributed by atoms with Gasteiger partial charge in [0.15, 0.2) is 0 Å². The zero-order chi connectivity index (χ0) is 37.9. The van der Waals surface area contributed by atoms with E-state index in [1.165, 1.54) is 12.1 Å². The number of pyridine rings is 1. The number of nitrogens with zero attached hydrogens (tertiary/aromatic N) is 1. The number of rotatable bonds is 13. The first-order valence-electron chi connectivity index (χ1n) is 18.3. The Balaban J connectivity index is 0.867. The highest BCUT2D eigenvalue weighted by Crippen LogP contribution is 2.48. The number of fused-ring (bicyclic) bond motifs is 1. The highest BCUT2D eigenvalue weighted by atomic mass is 16.4. The lowest BCUT2D eigenvalue weighted by atomic mass is 9.73. The molecule has 278 valence electrons. The molecule has 2 aliphatic rings. The summed E-state index contributed by atoms with van der Waals surface area (Å²) in [6.45, 7) is 1.86. The molecule has 0 bridgehead atoms. The van der Waals surface area contributed by atoms with E-state index in [0.29, 0.717) is 67.5 Å². The summed E-state index contributed by atoms with van der Waals surface area (Å²) in [6.07, 6.45) is 2.12. The van der Waals surface area contributed by atoms with E-state index in [2.05, 4.69) is 15.6 Å². The molecule has 11 heteroatoms. The molecule has 5 aromatic rings. The van der Waals surface area contributed by atoms with Crippen molar-refractivity contribution in [2.75, 3.05) is 19.6 Å². The zero-order valence-electron chi connectivity index (χ0n) is 29.9. The van der Waals surface area contributed by atoms with E-state index < -0.39 is 22.9 Å². The first kappa shape index (κ1) is 36.6. The third-order valence-electron chi connectivity index (χ3n) is 11.1. The zero-order valence-corrected chi connectivity index (χ0v) is 29.9. The summed E-state index contributed by atoms with van der Waals surface area (Å²) in [5.74, 6) is -1.03. The molecule has 1 saturated carbocycles. The molecule has 4 aromatic carbocycles. The third-order valence-corrected chi connectivity index (χ3v) is 11.1. The predicted octanol–water partition coefficient (Wildman–Crippen LogP) is 4.95. The van der Waals surface area contributed by atoms with Crippen LogP contribution in [0, 0.1) is 5.41 Å². The number of aromatic hydroxyl groups is 1. The van der Waals surface area contributed by atoms with Crippen molar-refractivity contribution in [2.45, 2.75) is 56.7 Å². The van der Waals surface area contributed by atoms with E-state index in [-0.39, 0.29) is 29.7 Å². The average molecular weight is 729 g/mol. The van der Waals surface area contributed by atoms with Crippen molar-refractivity contribution in [1.82, 2.24) is 20.5 Å². The van der Waals surface area contributed by atoms with Gasteiger partial charge < -0.3 is 35.8 Å². The molecule has 1 atom stereocenters. The molecular weight excluding hydrogens is 684 g/mol. The number of carboxylic acid groups (broad SMARTS) is 1.